The topological polar surface area (TPSA) is 87.3 Å². The number of para-hydroxylation sites is 1. The van der Waals surface area contributed by atoms with Gasteiger partial charge in [-0.3, -0.25) is 25.2 Å². The molecule has 0 aliphatic heterocycles. The molecular formula is C23H18BrN3O3. The third-order valence-electron chi connectivity index (χ3n) is 4.05. The SMILES string of the molecule is O=C(/C=C/c1ccccc1)NNC(=O)c1ccccc1NC(=O)c1ccc(Br)cc1. The molecule has 3 rings (SSSR count). The highest BCUT2D eigenvalue weighted by Crippen LogP contribution is 2.17. The summed E-state index contributed by atoms with van der Waals surface area (Å²) in [6.07, 6.45) is 2.95. The van der Waals surface area contributed by atoms with Crippen LogP contribution in [0.15, 0.2) is 89.4 Å². The third kappa shape index (κ3) is 5.89. The first-order valence-electron chi connectivity index (χ1n) is 9.02. The summed E-state index contributed by atoms with van der Waals surface area (Å²) in [5.41, 5.74) is 6.54. The molecule has 0 saturated heterocycles. The summed E-state index contributed by atoms with van der Waals surface area (Å²) in [5.74, 6) is -1.38. The van der Waals surface area contributed by atoms with E-state index in [2.05, 4.69) is 32.1 Å². The molecule has 3 N–H and O–H groups in total. The minimum absolute atomic E-state index is 0.218. The number of anilines is 1. The van der Waals surface area contributed by atoms with Crippen molar-refractivity contribution in [3.8, 4) is 0 Å². The molecular weight excluding hydrogens is 446 g/mol. The average Bonchev–Trinajstić information content (AvgIpc) is 2.77. The first kappa shape index (κ1) is 21.0. The number of nitrogens with one attached hydrogen (secondary N) is 3. The van der Waals surface area contributed by atoms with Gasteiger partial charge in [-0.15, -0.1) is 0 Å². The quantitative estimate of drug-likeness (QED) is 0.391. The first-order valence-corrected chi connectivity index (χ1v) is 9.81. The Kier molecular flexibility index (Phi) is 7.13. The fourth-order valence-electron chi connectivity index (χ4n) is 2.55. The summed E-state index contributed by atoms with van der Waals surface area (Å²) in [7, 11) is 0. The fourth-order valence-corrected chi connectivity index (χ4v) is 2.81. The molecule has 0 aliphatic carbocycles. The summed E-state index contributed by atoms with van der Waals surface area (Å²) in [5, 5.41) is 2.72. The Morgan fingerprint density at radius 1 is 0.733 bits per heavy atom. The second-order valence-corrected chi connectivity index (χ2v) is 7.11. The van der Waals surface area contributed by atoms with Crippen molar-refractivity contribution in [1.82, 2.24) is 10.9 Å². The average molecular weight is 464 g/mol. The lowest BCUT2D eigenvalue weighted by Crippen LogP contribution is -2.41. The van der Waals surface area contributed by atoms with Gasteiger partial charge in [-0.05, 0) is 48.0 Å². The predicted octanol–water partition coefficient (Wildman–Crippen LogP) is 4.18. The van der Waals surface area contributed by atoms with Crippen molar-refractivity contribution in [3.05, 3.63) is 106 Å². The van der Waals surface area contributed by atoms with Gasteiger partial charge < -0.3 is 5.32 Å². The molecule has 0 atom stereocenters. The van der Waals surface area contributed by atoms with Gasteiger partial charge in [0.05, 0.1) is 11.3 Å². The van der Waals surface area contributed by atoms with Gasteiger partial charge in [0.1, 0.15) is 0 Å². The van der Waals surface area contributed by atoms with Gasteiger partial charge >= 0.3 is 0 Å². The van der Waals surface area contributed by atoms with E-state index >= 15 is 0 Å². The van der Waals surface area contributed by atoms with E-state index in [0.29, 0.717) is 11.3 Å². The zero-order valence-electron chi connectivity index (χ0n) is 15.8. The van der Waals surface area contributed by atoms with Crippen LogP contribution in [-0.2, 0) is 4.79 Å². The van der Waals surface area contributed by atoms with Crippen molar-refractivity contribution in [1.29, 1.82) is 0 Å². The fraction of sp³-hybridized carbons (Fsp3) is 0. The molecule has 0 bridgehead atoms. The van der Waals surface area contributed by atoms with Gasteiger partial charge in [-0.1, -0.05) is 58.4 Å². The zero-order chi connectivity index (χ0) is 21.3. The first-order chi connectivity index (χ1) is 14.5. The molecule has 3 aromatic carbocycles. The normalized spacial score (nSPS) is 10.4. The van der Waals surface area contributed by atoms with Crippen molar-refractivity contribution in [3.63, 3.8) is 0 Å². The predicted molar refractivity (Wildman–Crippen MR) is 120 cm³/mol. The lowest BCUT2D eigenvalue weighted by molar-refractivity contribution is -0.117. The minimum atomic E-state index is -0.553. The molecule has 0 saturated carbocycles. The number of carbonyl (C=O) groups is 3. The van der Waals surface area contributed by atoms with Crippen LogP contribution in [-0.4, -0.2) is 17.7 Å². The molecule has 0 aliphatic rings. The lowest BCUT2D eigenvalue weighted by Gasteiger charge is -2.11. The number of hydrazine groups is 1. The van der Waals surface area contributed by atoms with E-state index in [1.54, 1.807) is 54.6 Å². The number of carbonyl (C=O) groups excluding carboxylic acids is 3. The van der Waals surface area contributed by atoms with Crippen LogP contribution >= 0.6 is 15.9 Å². The molecule has 0 unspecified atom stereocenters. The highest BCUT2D eigenvalue weighted by atomic mass is 79.9. The van der Waals surface area contributed by atoms with Gasteiger partial charge in [0, 0.05) is 16.1 Å². The monoisotopic (exact) mass is 463 g/mol. The second-order valence-electron chi connectivity index (χ2n) is 6.19. The molecule has 0 aromatic heterocycles. The molecule has 3 aromatic rings. The van der Waals surface area contributed by atoms with Gasteiger partial charge in [0.15, 0.2) is 0 Å². The van der Waals surface area contributed by atoms with Crippen LogP contribution in [0.3, 0.4) is 0 Å². The molecule has 6 nitrogen and oxygen atoms in total. The molecule has 150 valence electrons. The van der Waals surface area contributed by atoms with E-state index in [4.69, 9.17) is 0 Å². The van der Waals surface area contributed by atoms with E-state index in [1.165, 1.54) is 6.08 Å². The van der Waals surface area contributed by atoms with Crippen LogP contribution in [0.4, 0.5) is 5.69 Å². The Morgan fingerprint density at radius 3 is 2.13 bits per heavy atom. The maximum atomic E-state index is 12.5. The van der Waals surface area contributed by atoms with Crippen LogP contribution in [0.2, 0.25) is 0 Å². The maximum absolute atomic E-state index is 12.5. The smallest absolute Gasteiger partial charge is 0.271 e. The van der Waals surface area contributed by atoms with Crippen LogP contribution in [0.25, 0.3) is 6.08 Å². The molecule has 0 radical (unpaired) electrons. The number of hydrogen-bond acceptors (Lipinski definition) is 3. The van der Waals surface area contributed by atoms with E-state index in [0.717, 1.165) is 10.0 Å². The maximum Gasteiger partial charge on any atom is 0.271 e. The Morgan fingerprint density at radius 2 is 1.40 bits per heavy atom. The summed E-state index contributed by atoms with van der Waals surface area (Å²) >= 11 is 3.32. The van der Waals surface area contributed by atoms with Crippen LogP contribution in [0, 0.1) is 0 Å². The van der Waals surface area contributed by atoms with E-state index in [9.17, 15) is 14.4 Å². The largest absolute Gasteiger partial charge is 0.321 e. The standard InChI is InChI=1S/C23H18BrN3O3/c24-18-13-11-17(12-14-18)22(29)25-20-9-5-4-8-19(20)23(30)27-26-21(28)15-10-16-6-2-1-3-7-16/h1-15H,(H,25,29)(H,26,28)(H,27,30)/b15-10+. The highest BCUT2D eigenvalue weighted by molar-refractivity contribution is 9.10. The van der Waals surface area contributed by atoms with Gasteiger partial charge in [-0.25, -0.2) is 0 Å². The molecule has 0 heterocycles. The second kappa shape index (κ2) is 10.2. The number of rotatable bonds is 5. The number of hydrogen-bond donors (Lipinski definition) is 3. The third-order valence-corrected chi connectivity index (χ3v) is 4.58. The Labute approximate surface area is 182 Å². The Hall–Kier alpha value is -3.71. The van der Waals surface area contributed by atoms with E-state index in [1.807, 2.05) is 30.3 Å². The molecule has 0 spiro atoms. The van der Waals surface area contributed by atoms with Gasteiger partial charge in [0.2, 0.25) is 0 Å². The van der Waals surface area contributed by atoms with Crippen LogP contribution in [0.1, 0.15) is 26.3 Å². The van der Waals surface area contributed by atoms with Gasteiger partial charge in [-0.2, -0.15) is 0 Å². The van der Waals surface area contributed by atoms with Crippen molar-refractivity contribution < 1.29 is 14.4 Å². The molecule has 0 fully saturated rings. The molecule has 7 heteroatoms. The highest BCUT2D eigenvalue weighted by Gasteiger charge is 2.14. The number of benzene rings is 3. The van der Waals surface area contributed by atoms with Crippen molar-refractivity contribution >= 4 is 45.4 Å². The van der Waals surface area contributed by atoms with E-state index in [-0.39, 0.29) is 11.5 Å². The molecule has 3 amide bonds. The van der Waals surface area contributed by atoms with Crippen LogP contribution in [0.5, 0.6) is 0 Å². The Bertz CT molecular complexity index is 1080. The molecule has 30 heavy (non-hydrogen) atoms. The minimum Gasteiger partial charge on any atom is -0.321 e. The van der Waals surface area contributed by atoms with Crippen molar-refractivity contribution in [2.75, 3.05) is 5.32 Å². The van der Waals surface area contributed by atoms with Crippen molar-refractivity contribution in [2.45, 2.75) is 0 Å². The summed E-state index contributed by atoms with van der Waals surface area (Å²) in [4.78, 5) is 36.9. The van der Waals surface area contributed by atoms with E-state index < -0.39 is 11.8 Å². The van der Waals surface area contributed by atoms with Crippen molar-refractivity contribution in [2.24, 2.45) is 0 Å². The number of halogens is 1. The summed E-state index contributed by atoms with van der Waals surface area (Å²) < 4.78 is 0.857. The summed E-state index contributed by atoms with van der Waals surface area (Å²) in [6, 6.07) is 22.7. The van der Waals surface area contributed by atoms with Crippen LogP contribution < -0.4 is 16.2 Å². The zero-order valence-corrected chi connectivity index (χ0v) is 17.3. The summed E-state index contributed by atoms with van der Waals surface area (Å²) in [6.45, 7) is 0. The van der Waals surface area contributed by atoms with Gasteiger partial charge in [0.25, 0.3) is 17.7 Å². The lowest BCUT2D eigenvalue weighted by atomic mass is 10.1. The number of amides is 3. The Balaban J connectivity index is 1.62.